The van der Waals surface area contributed by atoms with Crippen molar-refractivity contribution in [3.63, 3.8) is 0 Å². The zero-order valence-corrected chi connectivity index (χ0v) is 12.4. The van der Waals surface area contributed by atoms with E-state index in [1.807, 2.05) is 0 Å². The summed E-state index contributed by atoms with van der Waals surface area (Å²) in [6, 6.07) is 0. The number of rotatable bonds is 10. The molecule has 0 spiro atoms. The number of hydrogen-bond acceptors (Lipinski definition) is 5. The van der Waals surface area contributed by atoms with E-state index in [4.69, 9.17) is 13.3 Å². The Bertz CT molecular complexity index is 241. The summed E-state index contributed by atoms with van der Waals surface area (Å²) in [5, 5.41) is 2.33. The minimum absolute atomic E-state index is 0.0232. The maximum Gasteiger partial charge on any atom is 0.521 e. The zero-order valence-electron chi connectivity index (χ0n) is 11.4. The maximum atomic E-state index is 11.9. The van der Waals surface area contributed by atoms with Crippen molar-refractivity contribution in [1.29, 1.82) is 0 Å². The monoisotopic (exact) mass is 301 g/mol. The molecule has 0 aliphatic heterocycles. The van der Waals surface area contributed by atoms with Crippen LogP contribution >= 0.6 is 0 Å². The molecule has 0 atom stereocenters. The molecule has 0 radical (unpaired) electrons. The molecule has 9 heteroatoms. The Morgan fingerprint density at radius 1 is 1.11 bits per heavy atom. The topological polar surface area (TPSA) is 66.0 Å². The highest BCUT2D eigenvalue weighted by Crippen LogP contribution is 2.09. The number of amides is 1. The number of alkyl halides is 2. The number of halogens is 2. The average molecular weight is 301 g/mol. The van der Waals surface area contributed by atoms with Gasteiger partial charge in [-0.2, -0.15) is 0 Å². The summed E-state index contributed by atoms with van der Waals surface area (Å²) in [5.41, 5.74) is 0. The van der Waals surface area contributed by atoms with Crippen LogP contribution in [0.25, 0.3) is 0 Å². The number of ether oxygens (including phenoxy) is 1. The lowest BCUT2D eigenvalue weighted by Crippen LogP contribution is -2.55. The summed E-state index contributed by atoms with van der Waals surface area (Å²) in [7, 11) is -3.01. The number of carbonyl (C=O) groups excluding carboxylic acids is 1. The second kappa shape index (κ2) is 10.1. The van der Waals surface area contributed by atoms with Gasteiger partial charge in [0.05, 0.1) is 6.17 Å². The molecule has 0 heterocycles. The predicted octanol–water partition coefficient (Wildman–Crippen LogP) is 1.57. The maximum absolute atomic E-state index is 11.9. The number of alkyl carbamates (subject to hydrolysis) is 1. The van der Waals surface area contributed by atoms with Gasteiger partial charge in [-0.25, -0.2) is 13.6 Å². The molecule has 0 aliphatic rings. The first-order valence-electron chi connectivity index (χ1n) is 6.10. The van der Waals surface area contributed by atoms with Gasteiger partial charge in [0.25, 0.3) is 6.43 Å². The van der Waals surface area contributed by atoms with Crippen LogP contribution in [0.2, 0.25) is 0 Å². The molecule has 6 nitrogen and oxygen atoms in total. The van der Waals surface area contributed by atoms with Crippen molar-refractivity contribution < 1.29 is 31.6 Å². The SMILES string of the molecule is CCO[Si](CNC(=O)OCC(F)F)(OCC)OCC. The van der Waals surface area contributed by atoms with Gasteiger partial charge >= 0.3 is 14.9 Å². The van der Waals surface area contributed by atoms with Gasteiger partial charge in [-0.3, -0.25) is 0 Å². The van der Waals surface area contributed by atoms with Crippen LogP contribution in [-0.4, -0.2) is 53.9 Å². The molecule has 0 aromatic carbocycles. The van der Waals surface area contributed by atoms with Gasteiger partial charge in [0, 0.05) is 19.8 Å². The molecule has 0 aromatic rings. The van der Waals surface area contributed by atoms with Crippen molar-refractivity contribution in [1.82, 2.24) is 5.32 Å². The summed E-state index contributed by atoms with van der Waals surface area (Å²) in [6.07, 6.45) is -3.67. The van der Waals surface area contributed by atoms with Crippen LogP contribution in [-0.2, 0) is 18.0 Å². The average Bonchev–Trinajstić information content (AvgIpc) is 2.35. The standard InChI is InChI=1S/C10H21F2NO5Si/c1-4-16-19(17-5-2,18-6-3)8-13-10(14)15-7-9(11)12/h9H,4-8H2,1-3H3,(H,13,14). The highest BCUT2D eigenvalue weighted by Gasteiger charge is 2.41. The van der Waals surface area contributed by atoms with Crippen molar-refractivity contribution in [2.24, 2.45) is 0 Å². The fourth-order valence-corrected chi connectivity index (χ4v) is 3.54. The lowest BCUT2D eigenvalue weighted by atomic mass is 10.8. The van der Waals surface area contributed by atoms with E-state index in [-0.39, 0.29) is 6.17 Å². The van der Waals surface area contributed by atoms with Crippen LogP contribution in [0.15, 0.2) is 0 Å². The highest BCUT2D eigenvalue weighted by molar-refractivity contribution is 6.61. The molecule has 19 heavy (non-hydrogen) atoms. The summed E-state index contributed by atoms with van der Waals surface area (Å²) in [6.45, 7) is 5.46. The van der Waals surface area contributed by atoms with Crippen LogP contribution in [0.3, 0.4) is 0 Å². The Labute approximate surface area is 112 Å². The van der Waals surface area contributed by atoms with Crippen LogP contribution in [0.5, 0.6) is 0 Å². The number of nitrogens with one attached hydrogen (secondary N) is 1. The van der Waals surface area contributed by atoms with Gasteiger partial charge in [-0.05, 0) is 20.8 Å². The quantitative estimate of drug-likeness (QED) is 0.620. The first kappa shape index (κ1) is 18.2. The largest absolute Gasteiger partial charge is 0.521 e. The van der Waals surface area contributed by atoms with E-state index in [9.17, 15) is 13.6 Å². The molecule has 1 N–H and O–H groups in total. The minimum atomic E-state index is -3.01. The molecule has 114 valence electrons. The fraction of sp³-hybridized carbons (Fsp3) is 0.900. The van der Waals surface area contributed by atoms with Crippen molar-refractivity contribution in [2.75, 3.05) is 32.6 Å². The Hall–Kier alpha value is -0.773. The van der Waals surface area contributed by atoms with Crippen molar-refractivity contribution in [3.05, 3.63) is 0 Å². The van der Waals surface area contributed by atoms with Crippen molar-refractivity contribution >= 4 is 14.9 Å². The number of carbonyl (C=O) groups is 1. The Morgan fingerprint density at radius 2 is 1.58 bits per heavy atom. The van der Waals surface area contributed by atoms with Gasteiger partial charge in [-0.1, -0.05) is 0 Å². The summed E-state index contributed by atoms with van der Waals surface area (Å²) in [5.74, 6) is 0. The minimum Gasteiger partial charge on any atom is -0.443 e. The van der Waals surface area contributed by atoms with Crippen molar-refractivity contribution in [2.45, 2.75) is 27.2 Å². The summed E-state index contributed by atoms with van der Waals surface area (Å²) in [4.78, 5) is 11.2. The van der Waals surface area contributed by atoms with E-state index in [0.29, 0.717) is 19.8 Å². The van der Waals surface area contributed by atoms with E-state index in [2.05, 4.69) is 10.1 Å². The second-order valence-electron chi connectivity index (χ2n) is 3.33. The van der Waals surface area contributed by atoms with Gasteiger partial charge in [0.15, 0.2) is 6.61 Å². The molecule has 0 saturated carbocycles. The summed E-state index contributed by atoms with van der Waals surface area (Å²) < 4.78 is 44.4. The molecule has 0 rings (SSSR count). The third kappa shape index (κ3) is 8.08. The van der Waals surface area contributed by atoms with Gasteiger partial charge in [0.1, 0.15) is 0 Å². The fourth-order valence-electron chi connectivity index (χ4n) is 1.31. The van der Waals surface area contributed by atoms with Gasteiger partial charge in [0.2, 0.25) is 0 Å². The van der Waals surface area contributed by atoms with Crippen LogP contribution in [0.1, 0.15) is 20.8 Å². The third-order valence-electron chi connectivity index (χ3n) is 1.88. The first-order chi connectivity index (χ1) is 8.99. The molecule has 0 fully saturated rings. The van der Waals surface area contributed by atoms with Crippen LogP contribution in [0, 0.1) is 0 Å². The predicted molar refractivity (Wildman–Crippen MR) is 66.0 cm³/mol. The lowest BCUT2D eigenvalue weighted by Gasteiger charge is -2.28. The molecule has 0 bridgehead atoms. The Morgan fingerprint density at radius 3 is 1.95 bits per heavy atom. The van der Waals surface area contributed by atoms with E-state index in [1.54, 1.807) is 20.8 Å². The third-order valence-corrected chi connectivity index (χ3v) is 4.68. The molecule has 0 aliphatic carbocycles. The lowest BCUT2D eigenvalue weighted by molar-refractivity contribution is 0.0457. The normalized spacial score (nSPS) is 11.7. The van der Waals surface area contributed by atoms with E-state index in [0.717, 1.165) is 0 Å². The zero-order chi connectivity index (χ0) is 14.7. The molecule has 0 unspecified atom stereocenters. The van der Waals surface area contributed by atoms with E-state index < -0.39 is 27.9 Å². The van der Waals surface area contributed by atoms with Gasteiger partial charge < -0.3 is 23.3 Å². The number of hydrogen-bond donors (Lipinski definition) is 1. The van der Waals surface area contributed by atoms with E-state index in [1.165, 1.54) is 0 Å². The molecule has 1 amide bonds. The molecular formula is C10H21F2NO5Si. The van der Waals surface area contributed by atoms with Crippen LogP contribution < -0.4 is 5.32 Å². The molecule has 0 saturated heterocycles. The molecule has 0 aromatic heterocycles. The Kier molecular flexibility index (Phi) is 9.66. The second-order valence-corrected chi connectivity index (χ2v) is 5.91. The highest BCUT2D eigenvalue weighted by atomic mass is 28.4. The molecular weight excluding hydrogens is 280 g/mol. The Balaban J connectivity index is 4.33. The first-order valence-corrected chi connectivity index (χ1v) is 8.03. The van der Waals surface area contributed by atoms with Crippen LogP contribution in [0.4, 0.5) is 13.6 Å². The van der Waals surface area contributed by atoms with Crippen molar-refractivity contribution in [3.8, 4) is 0 Å². The van der Waals surface area contributed by atoms with Gasteiger partial charge in [-0.15, -0.1) is 0 Å². The smallest absolute Gasteiger partial charge is 0.443 e. The van der Waals surface area contributed by atoms with E-state index >= 15 is 0 Å². The summed E-state index contributed by atoms with van der Waals surface area (Å²) >= 11 is 0.